The molecule has 0 aliphatic heterocycles. The van der Waals surface area contributed by atoms with Crippen LogP contribution in [0.4, 0.5) is 5.82 Å². The van der Waals surface area contributed by atoms with Gasteiger partial charge in [0.1, 0.15) is 5.82 Å². The molecule has 0 aliphatic rings. The summed E-state index contributed by atoms with van der Waals surface area (Å²) >= 11 is 0. The number of anilines is 1. The third-order valence-electron chi connectivity index (χ3n) is 2.13. The molecule has 90 valence electrons. The third-order valence-corrected chi connectivity index (χ3v) is 2.13. The van der Waals surface area contributed by atoms with Gasteiger partial charge in [-0.25, -0.2) is 0 Å². The van der Waals surface area contributed by atoms with Gasteiger partial charge in [0.25, 0.3) is 0 Å². The molecule has 17 heavy (non-hydrogen) atoms. The fourth-order valence-electron chi connectivity index (χ4n) is 1.35. The second kappa shape index (κ2) is 5.29. The molecular formula is C11H15N5O. The molecule has 0 atom stereocenters. The van der Waals surface area contributed by atoms with Gasteiger partial charge in [-0.1, -0.05) is 0 Å². The lowest BCUT2D eigenvalue weighted by atomic mass is 10.6. The van der Waals surface area contributed by atoms with E-state index in [1.807, 2.05) is 20.0 Å². The van der Waals surface area contributed by atoms with Crippen molar-refractivity contribution >= 4 is 5.82 Å². The van der Waals surface area contributed by atoms with Crippen molar-refractivity contribution in [3.05, 3.63) is 24.8 Å². The quantitative estimate of drug-likeness (QED) is 0.854. The Kier molecular flexibility index (Phi) is 3.54. The average Bonchev–Trinajstić information content (AvgIpc) is 2.78. The Morgan fingerprint density at radius 2 is 2.18 bits per heavy atom. The lowest BCUT2D eigenvalue weighted by Gasteiger charge is -2.04. The van der Waals surface area contributed by atoms with Crippen molar-refractivity contribution in [3.63, 3.8) is 0 Å². The lowest BCUT2D eigenvalue weighted by molar-refractivity contribution is 0.459. The minimum Gasteiger partial charge on any atom is -0.434 e. The van der Waals surface area contributed by atoms with E-state index >= 15 is 0 Å². The van der Waals surface area contributed by atoms with Gasteiger partial charge in [-0.2, -0.15) is 10.1 Å². The van der Waals surface area contributed by atoms with Crippen LogP contribution in [0.3, 0.4) is 0 Å². The van der Waals surface area contributed by atoms with Gasteiger partial charge in [-0.15, -0.1) is 0 Å². The number of hydrogen-bond acceptors (Lipinski definition) is 5. The molecule has 0 radical (unpaired) electrons. The van der Waals surface area contributed by atoms with Gasteiger partial charge in [0.2, 0.25) is 5.88 Å². The summed E-state index contributed by atoms with van der Waals surface area (Å²) in [5.41, 5.74) is 0. The van der Waals surface area contributed by atoms with Gasteiger partial charge in [0.15, 0.2) is 5.75 Å². The van der Waals surface area contributed by atoms with Crippen LogP contribution in [0.2, 0.25) is 0 Å². The van der Waals surface area contributed by atoms with Crippen molar-refractivity contribution in [1.29, 1.82) is 0 Å². The van der Waals surface area contributed by atoms with E-state index in [9.17, 15) is 0 Å². The van der Waals surface area contributed by atoms with E-state index in [1.165, 1.54) is 0 Å². The molecule has 0 unspecified atom stereocenters. The Morgan fingerprint density at radius 1 is 1.29 bits per heavy atom. The van der Waals surface area contributed by atoms with Crippen LogP contribution in [0.1, 0.15) is 13.8 Å². The minimum atomic E-state index is 0.458. The molecular weight excluding hydrogens is 218 g/mol. The van der Waals surface area contributed by atoms with Crippen LogP contribution in [0.5, 0.6) is 11.6 Å². The van der Waals surface area contributed by atoms with E-state index in [2.05, 4.69) is 20.4 Å². The maximum atomic E-state index is 5.55. The summed E-state index contributed by atoms with van der Waals surface area (Å²) in [6.07, 6.45) is 6.71. The van der Waals surface area contributed by atoms with Crippen molar-refractivity contribution in [1.82, 2.24) is 19.7 Å². The van der Waals surface area contributed by atoms with E-state index < -0.39 is 0 Å². The second-order valence-corrected chi connectivity index (χ2v) is 3.41. The smallest absolute Gasteiger partial charge is 0.239 e. The van der Waals surface area contributed by atoms with E-state index in [0.717, 1.165) is 13.1 Å². The van der Waals surface area contributed by atoms with Crippen LogP contribution in [-0.2, 0) is 6.54 Å². The molecule has 2 aromatic heterocycles. The summed E-state index contributed by atoms with van der Waals surface area (Å²) in [6.45, 7) is 5.63. The molecule has 0 spiro atoms. The van der Waals surface area contributed by atoms with Crippen LogP contribution in [-0.4, -0.2) is 26.3 Å². The zero-order valence-electron chi connectivity index (χ0n) is 9.92. The molecule has 0 fully saturated rings. The first-order valence-corrected chi connectivity index (χ1v) is 5.58. The topological polar surface area (TPSA) is 64.9 Å². The summed E-state index contributed by atoms with van der Waals surface area (Å²) in [4.78, 5) is 8.31. The van der Waals surface area contributed by atoms with Gasteiger partial charge in [0, 0.05) is 13.1 Å². The Bertz CT molecular complexity index is 482. The monoisotopic (exact) mass is 233 g/mol. The van der Waals surface area contributed by atoms with Gasteiger partial charge < -0.3 is 10.1 Å². The highest BCUT2D eigenvalue weighted by molar-refractivity contribution is 5.34. The van der Waals surface area contributed by atoms with Gasteiger partial charge in [-0.05, 0) is 13.8 Å². The molecule has 1 N–H and O–H groups in total. The Morgan fingerprint density at radius 3 is 2.88 bits per heavy atom. The summed E-state index contributed by atoms with van der Waals surface area (Å²) in [7, 11) is 0. The third kappa shape index (κ3) is 2.93. The van der Waals surface area contributed by atoms with E-state index in [-0.39, 0.29) is 0 Å². The molecule has 2 rings (SSSR count). The molecule has 2 heterocycles. The zero-order valence-corrected chi connectivity index (χ0v) is 9.92. The Hall–Kier alpha value is -2.11. The minimum absolute atomic E-state index is 0.458. The largest absolute Gasteiger partial charge is 0.434 e. The first-order valence-electron chi connectivity index (χ1n) is 5.58. The highest BCUT2D eigenvalue weighted by atomic mass is 16.5. The van der Waals surface area contributed by atoms with Gasteiger partial charge >= 0.3 is 0 Å². The van der Waals surface area contributed by atoms with Crippen molar-refractivity contribution in [2.45, 2.75) is 20.4 Å². The maximum absolute atomic E-state index is 5.55. The number of aryl methyl sites for hydroxylation is 1. The molecule has 0 bridgehead atoms. The number of hydrogen-bond donors (Lipinski definition) is 1. The molecule has 0 aliphatic carbocycles. The molecule has 0 amide bonds. The van der Waals surface area contributed by atoms with E-state index in [1.54, 1.807) is 23.3 Å². The van der Waals surface area contributed by atoms with Crippen LogP contribution in [0, 0.1) is 0 Å². The average molecular weight is 233 g/mol. The Balaban J connectivity index is 2.09. The van der Waals surface area contributed by atoms with E-state index in [0.29, 0.717) is 17.4 Å². The maximum Gasteiger partial charge on any atom is 0.239 e. The van der Waals surface area contributed by atoms with E-state index in [4.69, 9.17) is 4.74 Å². The summed E-state index contributed by atoms with van der Waals surface area (Å²) in [5.74, 6) is 1.82. The fraction of sp³-hybridized carbons (Fsp3) is 0.364. The number of ether oxygens (including phenoxy) is 1. The highest BCUT2D eigenvalue weighted by Crippen LogP contribution is 2.18. The predicted molar refractivity (Wildman–Crippen MR) is 64.2 cm³/mol. The standard InChI is InChI=1S/C11H15N5O/c1-3-13-10-6-12-7-11(15-10)17-9-5-14-16(4-2)8-9/h5-8H,3-4H2,1-2H3,(H,13,15). The van der Waals surface area contributed by atoms with Crippen molar-refractivity contribution in [3.8, 4) is 11.6 Å². The SMILES string of the molecule is CCNc1cncc(Oc2cnn(CC)c2)n1. The highest BCUT2D eigenvalue weighted by Gasteiger charge is 2.03. The van der Waals surface area contributed by atoms with Crippen LogP contribution in [0.25, 0.3) is 0 Å². The van der Waals surface area contributed by atoms with Gasteiger partial charge in [-0.3, -0.25) is 9.67 Å². The fourth-order valence-corrected chi connectivity index (χ4v) is 1.35. The van der Waals surface area contributed by atoms with Crippen LogP contribution in [0.15, 0.2) is 24.8 Å². The Labute approximate surface area is 99.7 Å². The normalized spacial score (nSPS) is 10.2. The van der Waals surface area contributed by atoms with Crippen LogP contribution < -0.4 is 10.1 Å². The van der Waals surface area contributed by atoms with Crippen molar-refractivity contribution < 1.29 is 4.74 Å². The van der Waals surface area contributed by atoms with Crippen molar-refractivity contribution in [2.75, 3.05) is 11.9 Å². The van der Waals surface area contributed by atoms with Crippen molar-refractivity contribution in [2.24, 2.45) is 0 Å². The summed E-state index contributed by atoms with van der Waals surface area (Å²) < 4.78 is 7.34. The second-order valence-electron chi connectivity index (χ2n) is 3.41. The molecule has 0 saturated carbocycles. The summed E-state index contributed by atoms with van der Waals surface area (Å²) in [5, 5.41) is 7.19. The number of nitrogens with zero attached hydrogens (tertiary/aromatic N) is 4. The first-order chi connectivity index (χ1) is 8.31. The number of nitrogens with one attached hydrogen (secondary N) is 1. The first kappa shape index (κ1) is 11.4. The van der Waals surface area contributed by atoms with Crippen LogP contribution >= 0.6 is 0 Å². The predicted octanol–water partition coefficient (Wildman–Crippen LogP) is 1.92. The molecule has 0 aromatic carbocycles. The number of rotatable bonds is 5. The number of aromatic nitrogens is 4. The lowest BCUT2D eigenvalue weighted by Crippen LogP contribution is -2.00. The molecule has 6 heteroatoms. The summed E-state index contributed by atoms with van der Waals surface area (Å²) in [6, 6.07) is 0. The zero-order chi connectivity index (χ0) is 12.1. The van der Waals surface area contributed by atoms with Gasteiger partial charge in [0.05, 0.1) is 24.8 Å². The molecule has 6 nitrogen and oxygen atoms in total. The molecule has 0 saturated heterocycles. The molecule has 2 aromatic rings.